The van der Waals surface area contributed by atoms with Crippen LogP contribution in [0.5, 0.6) is 0 Å². The molecule has 0 bridgehead atoms. The third-order valence-electron chi connectivity index (χ3n) is 5.43. The number of anilines is 2. The lowest BCUT2D eigenvalue weighted by molar-refractivity contribution is 0.0989. The lowest BCUT2D eigenvalue weighted by atomic mass is 10.0. The summed E-state index contributed by atoms with van der Waals surface area (Å²) in [6.45, 7) is 4.11. The van der Waals surface area contributed by atoms with Crippen LogP contribution < -0.4 is 10.6 Å². The number of nitrogens with zero attached hydrogens (tertiary/aromatic N) is 4. The highest BCUT2D eigenvalue weighted by molar-refractivity contribution is 7.99. The minimum absolute atomic E-state index is 0.143. The van der Waals surface area contributed by atoms with E-state index in [9.17, 15) is 4.79 Å². The highest BCUT2D eigenvalue weighted by Gasteiger charge is 2.20. The van der Waals surface area contributed by atoms with Crippen LogP contribution in [0.3, 0.4) is 0 Å². The van der Waals surface area contributed by atoms with Gasteiger partial charge in [-0.2, -0.15) is 11.8 Å². The summed E-state index contributed by atoms with van der Waals surface area (Å²) in [4.78, 5) is 28.6. The van der Waals surface area contributed by atoms with Gasteiger partial charge >= 0.3 is 0 Å². The van der Waals surface area contributed by atoms with Crippen molar-refractivity contribution in [3.63, 3.8) is 0 Å². The molecule has 3 heterocycles. The molecule has 0 atom stereocenters. The van der Waals surface area contributed by atoms with Crippen molar-refractivity contribution in [3.05, 3.63) is 65.7 Å². The van der Waals surface area contributed by atoms with E-state index in [4.69, 9.17) is 5.73 Å². The summed E-state index contributed by atoms with van der Waals surface area (Å²) in [6, 6.07) is 10.2. The lowest BCUT2D eigenvalue weighted by Gasteiger charge is -2.30. The molecule has 4 rings (SSSR count). The van der Waals surface area contributed by atoms with E-state index in [0.717, 1.165) is 54.3 Å². The van der Waals surface area contributed by atoms with E-state index in [0.29, 0.717) is 5.69 Å². The van der Waals surface area contributed by atoms with E-state index in [1.54, 1.807) is 18.6 Å². The molecule has 0 spiro atoms. The first-order valence-electron chi connectivity index (χ1n) is 10.7. The normalized spacial score (nSPS) is 13.9. The molecule has 2 aromatic heterocycles. The summed E-state index contributed by atoms with van der Waals surface area (Å²) >= 11 is 1.96. The van der Waals surface area contributed by atoms with Gasteiger partial charge < -0.3 is 10.6 Å². The summed E-state index contributed by atoms with van der Waals surface area (Å²) in [5, 5.41) is 0. The van der Waals surface area contributed by atoms with Gasteiger partial charge in [-0.1, -0.05) is 37.6 Å². The number of hydrogen-bond donors (Lipinski definition) is 1. The van der Waals surface area contributed by atoms with Crippen molar-refractivity contribution >= 4 is 29.1 Å². The van der Waals surface area contributed by atoms with Crippen molar-refractivity contribution in [3.8, 4) is 11.3 Å². The Kier molecular flexibility index (Phi) is 6.82. The summed E-state index contributed by atoms with van der Waals surface area (Å²) < 4.78 is 0. The second-order valence-corrected chi connectivity index (χ2v) is 8.86. The summed E-state index contributed by atoms with van der Waals surface area (Å²) in [5.74, 6) is 2.20. The summed E-state index contributed by atoms with van der Waals surface area (Å²) in [5.41, 5.74) is 11.1. The van der Waals surface area contributed by atoms with E-state index >= 15 is 0 Å². The van der Waals surface area contributed by atoms with Crippen LogP contribution in [0.1, 0.15) is 35.0 Å². The number of nitrogens with two attached hydrogens (primary N) is 1. The molecule has 0 radical (unpaired) electrons. The van der Waals surface area contributed by atoms with E-state index in [2.05, 4.69) is 38.9 Å². The first-order chi connectivity index (χ1) is 15.2. The highest BCUT2D eigenvalue weighted by atomic mass is 32.2. The SMILES string of the molecule is CCCc1ccc(-c2cnc(N)c(C(=O)Cc3cnccc3N3CCSCC3)n2)cc1. The zero-order valence-electron chi connectivity index (χ0n) is 17.8. The molecule has 1 aliphatic rings. The third kappa shape index (κ3) is 5.05. The van der Waals surface area contributed by atoms with Crippen LogP contribution in [0, 0.1) is 0 Å². The molecule has 6 nitrogen and oxygen atoms in total. The molecule has 1 saturated heterocycles. The average molecular weight is 434 g/mol. The van der Waals surface area contributed by atoms with Gasteiger partial charge in [-0.25, -0.2) is 9.97 Å². The zero-order valence-corrected chi connectivity index (χ0v) is 18.6. The topological polar surface area (TPSA) is 85.0 Å². The Balaban J connectivity index is 1.57. The Morgan fingerprint density at radius 1 is 1.13 bits per heavy atom. The number of Topliss-reactive ketones (excluding diaryl/α,β-unsaturated/α-hetero) is 1. The first kappa shape index (κ1) is 21.3. The maximum atomic E-state index is 13.2. The summed E-state index contributed by atoms with van der Waals surface area (Å²) in [6.07, 6.45) is 7.52. The molecule has 3 aromatic rings. The molecule has 1 fully saturated rings. The van der Waals surface area contributed by atoms with Crippen LogP contribution in [0.4, 0.5) is 11.5 Å². The fourth-order valence-corrected chi connectivity index (χ4v) is 4.70. The molecule has 0 aliphatic carbocycles. The Bertz CT molecular complexity index is 1050. The molecule has 2 N–H and O–H groups in total. The zero-order chi connectivity index (χ0) is 21.6. The molecule has 1 aliphatic heterocycles. The minimum Gasteiger partial charge on any atom is -0.382 e. The average Bonchev–Trinajstić information content (AvgIpc) is 2.81. The number of hydrogen-bond acceptors (Lipinski definition) is 7. The Labute approximate surface area is 187 Å². The Morgan fingerprint density at radius 2 is 1.90 bits per heavy atom. The second-order valence-electron chi connectivity index (χ2n) is 7.64. The van der Waals surface area contributed by atoms with Gasteiger partial charge in [0.25, 0.3) is 0 Å². The quantitative estimate of drug-likeness (QED) is 0.563. The van der Waals surface area contributed by atoms with Crippen molar-refractivity contribution < 1.29 is 4.79 Å². The van der Waals surface area contributed by atoms with Crippen LogP contribution in [-0.2, 0) is 12.8 Å². The summed E-state index contributed by atoms with van der Waals surface area (Å²) in [7, 11) is 0. The first-order valence-corrected chi connectivity index (χ1v) is 11.8. The van der Waals surface area contributed by atoms with Crippen molar-refractivity contribution in [2.75, 3.05) is 35.2 Å². The van der Waals surface area contributed by atoms with Gasteiger partial charge in [-0.3, -0.25) is 9.78 Å². The lowest BCUT2D eigenvalue weighted by Crippen LogP contribution is -2.33. The molecule has 31 heavy (non-hydrogen) atoms. The Hall–Kier alpha value is -2.93. The fourth-order valence-electron chi connectivity index (χ4n) is 3.80. The number of aryl methyl sites for hydroxylation is 1. The van der Waals surface area contributed by atoms with Crippen LogP contribution in [0.15, 0.2) is 48.9 Å². The van der Waals surface area contributed by atoms with E-state index in [-0.39, 0.29) is 23.7 Å². The smallest absolute Gasteiger partial charge is 0.189 e. The van der Waals surface area contributed by atoms with Gasteiger partial charge in [0.1, 0.15) is 5.69 Å². The highest BCUT2D eigenvalue weighted by Crippen LogP contribution is 2.25. The van der Waals surface area contributed by atoms with Crippen molar-refractivity contribution in [1.82, 2.24) is 15.0 Å². The second kappa shape index (κ2) is 9.92. The number of carbonyl (C=O) groups excluding carboxylic acids is 1. The molecule has 1 aromatic carbocycles. The van der Waals surface area contributed by atoms with Crippen LogP contribution in [0.2, 0.25) is 0 Å². The molecule has 0 unspecified atom stereocenters. The fraction of sp³-hybridized carbons (Fsp3) is 0.333. The minimum atomic E-state index is -0.143. The van der Waals surface area contributed by atoms with Gasteiger partial charge in [-0.05, 0) is 18.1 Å². The predicted octanol–water partition coefficient (Wildman–Crippen LogP) is 4.05. The van der Waals surface area contributed by atoms with Gasteiger partial charge in [-0.15, -0.1) is 0 Å². The third-order valence-corrected chi connectivity index (χ3v) is 6.38. The van der Waals surface area contributed by atoms with Gasteiger partial charge in [0.15, 0.2) is 11.6 Å². The van der Waals surface area contributed by atoms with E-state index < -0.39 is 0 Å². The number of ketones is 1. The number of thioether (sulfide) groups is 1. The number of carbonyl (C=O) groups is 1. The molecular formula is C24H27N5OS. The van der Waals surface area contributed by atoms with Crippen LogP contribution in [0.25, 0.3) is 11.3 Å². The molecule has 0 amide bonds. The number of nitrogen functional groups attached to an aromatic ring is 1. The van der Waals surface area contributed by atoms with Gasteiger partial charge in [0.2, 0.25) is 0 Å². The molecule has 0 saturated carbocycles. The maximum Gasteiger partial charge on any atom is 0.189 e. The van der Waals surface area contributed by atoms with Crippen LogP contribution in [-0.4, -0.2) is 45.3 Å². The maximum absolute atomic E-state index is 13.2. The number of pyridine rings is 1. The number of benzene rings is 1. The van der Waals surface area contributed by atoms with E-state index in [1.807, 2.05) is 30.0 Å². The van der Waals surface area contributed by atoms with Gasteiger partial charge in [0.05, 0.1) is 11.9 Å². The van der Waals surface area contributed by atoms with E-state index in [1.165, 1.54) is 5.56 Å². The van der Waals surface area contributed by atoms with Crippen molar-refractivity contribution in [1.29, 1.82) is 0 Å². The van der Waals surface area contributed by atoms with Gasteiger partial charge in [0, 0.05) is 60.2 Å². The molecule has 7 heteroatoms. The predicted molar refractivity (Wildman–Crippen MR) is 128 cm³/mol. The Morgan fingerprint density at radius 3 is 2.65 bits per heavy atom. The largest absolute Gasteiger partial charge is 0.382 e. The van der Waals surface area contributed by atoms with Crippen molar-refractivity contribution in [2.45, 2.75) is 26.2 Å². The number of rotatable bonds is 7. The monoisotopic (exact) mass is 433 g/mol. The van der Waals surface area contributed by atoms with Crippen LogP contribution >= 0.6 is 11.8 Å². The molecular weight excluding hydrogens is 406 g/mol. The standard InChI is InChI=1S/C24H27N5OS/c1-2-3-17-4-6-18(7-5-17)20-16-27-24(25)23(28-20)22(30)14-19-15-26-9-8-21(19)29-10-12-31-13-11-29/h4-9,15-16H,2-3,10-14H2,1H3,(H2,25,27). The molecule has 160 valence electrons. The number of aromatic nitrogens is 3. The van der Waals surface area contributed by atoms with Crippen molar-refractivity contribution in [2.24, 2.45) is 0 Å².